The van der Waals surface area contributed by atoms with E-state index in [9.17, 15) is 9.59 Å². The maximum Gasteiger partial charge on any atom is 0.244 e. The molecule has 2 amide bonds. The second-order valence-electron chi connectivity index (χ2n) is 5.85. The third-order valence-corrected chi connectivity index (χ3v) is 3.83. The van der Waals surface area contributed by atoms with Crippen LogP contribution in [0, 0.1) is 0 Å². The lowest BCUT2D eigenvalue weighted by Crippen LogP contribution is -2.47. The van der Waals surface area contributed by atoms with Gasteiger partial charge in [0.2, 0.25) is 11.8 Å². The standard InChI is InChI=1S/C17H27N3O3/c1-12(17(22)19(3)4)18-16(21)11-20(5)13(2)14-9-7-8-10-15(14)23-6/h7-10,12-13H,11H2,1-6H3,(H,18,21). The lowest BCUT2D eigenvalue weighted by Gasteiger charge is -2.26. The highest BCUT2D eigenvalue weighted by Crippen LogP contribution is 2.27. The summed E-state index contributed by atoms with van der Waals surface area (Å²) in [4.78, 5) is 27.3. The van der Waals surface area contributed by atoms with Crippen LogP contribution < -0.4 is 10.1 Å². The van der Waals surface area contributed by atoms with Crippen LogP contribution in [0.5, 0.6) is 5.75 Å². The lowest BCUT2D eigenvalue weighted by atomic mass is 10.1. The van der Waals surface area contributed by atoms with Gasteiger partial charge < -0.3 is 15.0 Å². The maximum absolute atomic E-state index is 12.1. The van der Waals surface area contributed by atoms with Gasteiger partial charge in [0.05, 0.1) is 13.7 Å². The van der Waals surface area contributed by atoms with Gasteiger partial charge in [-0.1, -0.05) is 18.2 Å². The summed E-state index contributed by atoms with van der Waals surface area (Å²) in [5.74, 6) is 0.485. The van der Waals surface area contributed by atoms with E-state index in [4.69, 9.17) is 4.74 Å². The van der Waals surface area contributed by atoms with Crippen molar-refractivity contribution in [3.05, 3.63) is 29.8 Å². The predicted molar refractivity (Wildman–Crippen MR) is 90.3 cm³/mol. The second kappa shape index (κ2) is 8.53. The molecule has 0 radical (unpaired) electrons. The van der Waals surface area contributed by atoms with Crippen molar-refractivity contribution in [2.24, 2.45) is 0 Å². The fourth-order valence-corrected chi connectivity index (χ4v) is 2.35. The molecule has 2 unspecified atom stereocenters. The highest BCUT2D eigenvalue weighted by molar-refractivity contribution is 5.87. The monoisotopic (exact) mass is 321 g/mol. The molecule has 1 N–H and O–H groups in total. The van der Waals surface area contributed by atoms with Crippen LogP contribution in [0.2, 0.25) is 0 Å². The summed E-state index contributed by atoms with van der Waals surface area (Å²) in [7, 11) is 6.84. The minimum absolute atomic E-state index is 0.0109. The maximum atomic E-state index is 12.1. The summed E-state index contributed by atoms with van der Waals surface area (Å²) in [6.45, 7) is 3.90. The Labute approximate surface area is 138 Å². The van der Waals surface area contributed by atoms with Crippen molar-refractivity contribution >= 4 is 11.8 Å². The van der Waals surface area contributed by atoms with Crippen LogP contribution in [0.25, 0.3) is 0 Å². The van der Waals surface area contributed by atoms with Gasteiger partial charge in [0.1, 0.15) is 11.8 Å². The minimum Gasteiger partial charge on any atom is -0.496 e. The molecule has 2 atom stereocenters. The molecule has 0 aromatic heterocycles. The number of carbonyl (C=O) groups is 2. The van der Waals surface area contributed by atoms with Gasteiger partial charge in [-0.3, -0.25) is 14.5 Å². The Hall–Kier alpha value is -2.08. The molecule has 1 rings (SSSR count). The molecule has 0 saturated carbocycles. The number of para-hydroxylation sites is 1. The summed E-state index contributed by atoms with van der Waals surface area (Å²) in [5, 5.41) is 2.72. The molecule has 0 bridgehead atoms. The van der Waals surface area contributed by atoms with Crippen molar-refractivity contribution < 1.29 is 14.3 Å². The normalized spacial score (nSPS) is 13.3. The molecule has 23 heavy (non-hydrogen) atoms. The summed E-state index contributed by atoms with van der Waals surface area (Å²) in [6, 6.07) is 7.22. The number of ether oxygens (including phenoxy) is 1. The Kier molecular flexibility index (Phi) is 7.03. The Bertz CT molecular complexity index is 546. The molecule has 0 aliphatic rings. The number of methoxy groups -OCH3 is 1. The fraction of sp³-hybridized carbons (Fsp3) is 0.529. The van der Waals surface area contributed by atoms with E-state index in [1.165, 1.54) is 4.90 Å². The van der Waals surface area contributed by atoms with Crippen LogP contribution in [-0.4, -0.2) is 62.5 Å². The highest BCUT2D eigenvalue weighted by atomic mass is 16.5. The van der Waals surface area contributed by atoms with Gasteiger partial charge in [-0.05, 0) is 27.0 Å². The average molecular weight is 321 g/mol. The number of hydrogen-bond acceptors (Lipinski definition) is 4. The van der Waals surface area contributed by atoms with Crippen LogP contribution in [0.1, 0.15) is 25.5 Å². The van der Waals surface area contributed by atoms with Crippen LogP contribution >= 0.6 is 0 Å². The lowest BCUT2D eigenvalue weighted by molar-refractivity contribution is -0.134. The van der Waals surface area contributed by atoms with Crippen molar-refractivity contribution in [2.45, 2.75) is 25.9 Å². The quantitative estimate of drug-likeness (QED) is 0.822. The molecule has 0 fully saturated rings. The number of likely N-dealkylation sites (N-methyl/N-ethyl adjacent to an activating group) is 2. The van der Waals surface area contributed by atoms with Crippen LogP contribution in [0.4, 0.5) is 0 Å². The van der Waals surface area contributed by atoms with Crippen LogP contribution in [0.3, 0.4) is 0 Å². The topological polar surface area (TPSA) is 61.9 Å². The third-order valence-electron chi connectivity index (χ3n) is 3.83. The molecule has 0 spiro atoms. The van der Waals surface area contributed by atoms with E-state index in [1.807, 2.05) is 43.1 Å². The highest BCUT2D eigenvalue weighted by Gasteiger charge is 2.21. The Morgan fingerprint density at radius 3 is 2.35 bits per heavy atom. The Balaban J connectivity index is 2.66. The average Bonchev–Trinajstić information content (AvgIpc) is 2.52. The van der Waals surface area contributed by atoms with Gasteiger partial charge in [-0.2, -0.15) is 0 Å². The van der Waals surface area contributed by atoms with Gasteiger partial charge in [-0.25, -0.2) is 0 Å². The zero-order valence-electron chi connectivity index (χ0n) is 14.8. The molecule has 0 heterocycles. The SMILES string of the molecule is COc1ccccc1C(C)N(C)CC(=O)NC(C)C(=O)N(C)C. The molecule has 0 aliphatic heterocycles. The largest absolute Gasteiger partial charge is 0.496 e. The van der Waals surface area contributed by atoms with Crippen molar-refractivity contribution in [2.75, 3.05) is 34.8 Å². The van der Waals surface area contributed by atoms with Crippen molar-refractivity contribution in [3.8, 4) is 5.75 Å². The molecule has 1 aromatic rings. The minimum atomic E-state index is -0.535. The van der Waals surface area contributed by atoms with Crippen molar-refractivity contribution in [3.63, 3.8) is 0 Å². The van der Waals surface area contributed by atoms with E-state index in [0.29, 0.717) is 0 Å². The van der Waals surface area contributed by atoms with E-state index in [2.05, 4.69) is 5.32 Å². The second-order valence-corrected chi connectivity index (χ2v) is 5.85. The van der Waals surface area contributed by atoms with E-state index in [-0.39, 0.29) is 24.4 Å². The van der Waals surface area contributed by atoms with E-state index in [1.54, 1.807) is 28.1 Å². The summed E-state index contributed by atoms with van der Waals surface area (Å²) in [6.07, 6.45) is 0. The number of rotatable bonds is 7. The number of nitrogens with zero attached hydrogens (tertiary/aromatic N) is 2. The fourth-order valence-electron chi connectivity index (χ4n) is 2.35. The summed E-state index contributed by atoms with van der Waals surface area (Å²) >= 11 is 0. The first kappa shape index (κ1) is 19.0. The third kappa shape index (κ3) is 5.25. The van der Waals surface area contributed by atoms with E-state index >= 15 is 0 Å². The van der Waals surface area contributed by atoms with Crippen LogP contribution in [-0.2, 0) is 9.59 Å². The Morgan fingerprint density at radius 2 is 1.78 bits per heavy atom. The zero-order valence-corrected chi connectivity index (χ0v) is 14.8. The number of nitrogens with one attached hydrogen (secondary N) is 1. The number of hydrogen-bond donors (Lipinski definition) is 1. The van der Waals surface area contributed by atoms with E-state index in [0.717, 1.165) is 11.3 Å². The van der Waals surface area contributed by atoms with E-state index < -0.39 is 6.04 Å². The predicted octanol–water partition coefficient (Wildman–Crippen LogP) is 1.28. The van der Waals surface area contributed by atoms with Gasteiger partial charge in [0.15, 0.2) is 0 Å². The number of amides is 2. The first-order chi connectivity index (χ1) is 10.8. The zero-order chi connectivity index (χ0) is 17.6. The molecule has 1 aromatic carbocycles. The molecule has 6 nitrogen and oxygen atoms in total. The summed E-state index contributed by atoms with van der Waals surface area (Å²) in [5.41, 5.74) is 1.02. The molecule has 6 heteroatoms. The molecule has 0 saturated heterocycles. The first-order valence-electron chi connectivity index (χ1n) is 7.61. The molecular weight excluding hydrogens is 294 g/mol. The molecule has 0 aliphatic carbocycles. The van der Waals surface area contributed by atoms with Gasteiger partial charge in [0, 0.05) is 25.7 Å². The number of carbonyl (C=O) groups excluding carboxylic acids is 2. The number of benzene rings is 1. The van der Waals surface area contributed by atoms with Gasteiger partial charge in [-0.15, -0.1) is 0 Å². The van der Waals surface area contributed by atoms with Crippen molar-refractivity contribution in [1.29, 1.82) is 0 Å². The van der Waals surface area contributed by atoms with Gasteiger partial charge >= 0.3 is 0 Å². The van der Waals surface area contributed by atoms with Crippen molar-refractivity contribution in [1.82, 2.24) is 15.1 Å². The van der Waals surface area contributed by atoms with Gasteiger partial charge in [0.25, 0.3) is 0 Å². The smallest absolute Gasteiger partial charge is 0.244 e. The molecule has 128 valence electrons. The Morgan fingerprint density at radius 1 is 1.17 bits per heavy atom. The molecular formula is C17H27N3O3. The van der Waals surface area contributed by atoms with Crippen LogP contribution in [0.15, 0.2) is 24.3 Å². The first-order valence-corrected chi connectivity index (χ1v) is 7.61. The summed E-state index contributed by atoms with van der Waals surface area (Å²) < 4.78 is 5.37.